The van der Waals surface area contributed by atoms with Gasteiger partial charge in [-0.25, -0.2) is 4.98 Å². The maximum Gasteiger partial charge on any atom is 0.213 e. The van der Waals surface area contributed by atoms with E-state index in [9.17, 15) is 5.11 Å². The van der Waals surface area contributed by atoms with Gasteiger partial charge in [-0.05, 0) is 38.3 Å². The van der Waals surface area contributed by atoms with E-state index >= 15 is 0 Å². The van der Waals surface area contributed by atoms with Crippen molar-refractivity contribution in [3.63, 3.8) is 0 Å². The van der Waals surface area contributed by atoms with E-state index in [0.29, 0.717) is 5.88 Å². The van der Waals surface area contributed by atoms with Gasteiger partial charge in [-0.2, -0.15) is 0 Å². The van der Waals surface area contributed by atoms with E-state index in [2.05, 4.69) is 16.0 Å². The van der Waals surface area contributed by atoms with Crippen molar-refractivity contribution >= 4 is 0 Å². The van der Waals surface area contributed by atoms with Crippen LogP contribution in [0.3, 0.4) is 0 Å². The summed E-state index contributed by atoms with van der Waals surface area (Å²) >= 11 is 0. The topological polar surface area (TPSA) is 45.6 Å². The lowest BCUT2D eigenvalue weighted by Gasteiger charge is -2.42. The van der Waals surface area contributed by atoms with Gasteiger partial charge in [0.2, 0.25) is 5.88 Å². The van der Waals surface area contributed by atoms with Crippen LogP contribution < -0.4 is 4.74 Å². The molecule has 3 rings (SSSR count). The lowest BCUT2D eigenvalue weighted by Crippen LogP contribution is -2.46. The molecule has 4 heteroatoms. The van der Waals surface area contributed by atoms with Crippen LogP contribution in [0.15, 0.2) is 18.2 Å². The van der Waals surface area contributed by atoms with Gasteiger partial charge in [0.25, 0.3) is 0 Å². The number of hydrogen-bond acceptors (Lipinski definition) is 4. The molecule has 2 atom stereocenters. The summed E-state index contributed by atoms with van der Waals surface area (Å²) in [5.41, 5.74) is 1.20. The molecular formula is C16H24N2O2. The summed E-state index contributed by atoms with van der Waals surface area (Å²) in [6.45, 7) is 2.96. The number of hydrogen-bond donors (Lipinski definition) is 1. The van der Waals surface area contributed by atoms with Crippen molar-refractivity contribution < 1.29 is 9.84 Å². The van der Waals surface area contributed by atoms with Gasteiger partial charge in [-0.3, -0.25) is 4.90 Å². The Hall–Kier alpha value is -1.13. The maximum absolute atomic E-state index is 10.3. The standard InChI is InChI=1S/C16H24N2O2/c1-20-15-7-2-5-13(17-15)11-18-10-4-9-16(12-18)8-3-6-14(16)19/h2,5,7,14,19H,3-4,6,8-12H2,1H3/t14-,16-/m1/s1. The molecule has 0 aromatic carbocycles. The fraction of sp³-hybridized carbons (Fsp3) is 0.688. The Bertz CT molecular complexity index is 466. The molecule has 1 saturated heterocycles. The van der Waals surface area contributed by atoms with Gasteiger partial charge >= 0.3 is 0 Å². The SMILES string of the molecule is COc1cccc(CN2CCC[C@]3(CCC[C@H]3O)C2)n1. The minimum absolute atomic E-state index is 0.108. The molecule has 20 heavy (non-hydrogen) atoms. The first-order chi connectivity index (χ1) is 9.72. The summed E-state index contributed by atoms with van der Waals surface area (Å²) in [6.07, 6.45) is 5.58. The Labute approximate surface area is 120 Å². The molecule has 0 amide bonds. The molecule has 2 heterocycles. The molecule has 0 radical (unpaired) electrons. The molecule has 2 fully saturated rings. The summed E-state index contributed by atoms with van der Waals surface area (Å²) in [4.78, 5) is 6.94. The first-order valence-electron chi connectivity index (χ1n) is 7.62. The van der Waals surface area contributed by atoms with E-state index in [1.807, 2.05) is 12.1 Å². The van der Waals surface area contributed by atoms with Gasteiger partial charge in [0.15, 0.2) is 0 Å². The zero-order chi connectivity index (χ0) is 14.0. The molecule has 1 saturated carbocycles. The highest BCUT2D eigenvalue weighted by Crippen LogP contribution is 2.45. The second-order valence-electron chi connectivity index (χ2n) is 6.26. The highest BCUT2D eigenvalue weighted by molar-refractivity contribution is 5.15. The van der Waals surface area contributed by atoms with Crippen LogP contribution in [0.5, 0.6) is 5.88 Å². The summed E-state index contributed by atoms with van der Waals surface area (Å²) in [5.74, 6) is 0.676. The van der Waals surface area contributed by atoms with Crippen LogP contribution in [-0.2, 0) is 6.54 Å². The number of piperidine rings is 1. The van der Waals surface area contributed by atoms with Crippen molar-refractivity contribution in [2.45, 2.75) is 44.8 Å². The average molecular weight is 276 g/mol. The number of likely N-dealkylation sites (tertiary alicyclic amines) is 1. The van der Waals surface area contributed by atoms with Crippen LogP contribution in [0.2, 0.25) is 0 Å². The number of pyridine rings is 1. The quantitative estimate of drug-likeness (QED) is 0.919. The van der Waals surface area contributed by atoms with Crippen LogP contribution in [0.25, 0.3) is 0 Å². The molecule has 4 nitrogen and oxygen atoms in total. The normalized spacial score (nSPS) is 30.8. The molecule has 1 aliphatic carbocycles. The Morgan fingerprint density at radius 1 is 1.40 bits per heavy atom. The second kappa shape index (κ2) is 5.70. The molecule has 1 aliphatic heterocycles. The van der Waals surface area contributed by atoms with Crippen molar-refractivity contribution in [3.05, 3.63) is 23.9 Å². The minimum Gasteiger partial charge on any atom is -0.481 e. The highest BCUT2D eigenvalue weighted by atomic mass is 16.5. The van der Waals surface area contributed by atoms with Crippen LogP contribution >= 0.6 is 0 Å². The Balaban J connectivity index is 1.68. The van der Waals surface area contributed by atoms with Crippen molar-refractivity contribution in [1.29, 1.82) is 0 Å². The first-order valence-corrected chi connectivity index (χ1v) is 7.62. The molecule has 1 N–H and O–H groups in total. The monoisotopic (exact) mass is 276 g/mol. The number of methoxy groups -OCH3 is 1. The predicted octanol–water partition coefficient (Wildman–Crippen LogP) is 2.22. The highest BCUT2D eigenvalue weighted by Gasteiger charge is 2.44. The summed E-state index contributed by atoms with van der Waals surface area (Å²) in [5, 5.41) is 10.3. The number of aliphatic hydroxyl groups is 1. The predicted molar refractivity (Wildman–Crippen MR) is 77.6 cm³/mol. The van der Waals surface area contributed by atoms with Gasteiger partial charge in [0.05, 0.1) is 18.9 Å². The number of aromatic nitrogens is 1. The number of ether oxygens (including phenoxy) is 1. The Morgan fingerprint density at radius 2 is 2.25 bits per heavy atom. The van der Waals surface area contributed by atoms with E-state index in [1.165, 1.54) is 25.7 Å². The molecule has 1 aromatic heterocycles. The zero-order valence-corrected chi connectivity index (χ0v) is 12.2. The fourth-order valence-corrected chi connectivity index (χ4v) is 3.88. The molecule has 110 valence electrons. The smallest absolute Gasteiger partial charge is 0.213 e. The third kappa shape index (κ3) is 2.67. The van der Waals surface area contributed by atoms with Gasteiger partial charge in [-0.1, -0.05) is 12.5 Å². The Kier molecular flexibility index (Phi) is 3.94. The lowest BCUT2D eigenvalue weighted by atomic mass is 9.76. The van der Waals surface area contributed by atoms with Gasteiger partial charge in [0.1, 0.15) is 0 Å². The van der Waals surface area contributed by atoms with E-state index in [0.717, 1.165) is 31.7 Å². The molecule has 1 spiro atoms. The van der Waals surface area contributed by atoms with E-state index in [-0.39, 0.29) is 11.5 Å². The van der Waals surface area contributed by atoms with Gasteiger partial charge in [-0.15, -0.1) is 0 Å². The average Bonchev–Trinajstić information content (AvgIpc) is 2.80. The van der Waals surface area contributed by atoms with Crippen LogP contribution in [0, 0.1) is 5.41 Å². The van der Waals surface area contributed by atoms with Crippen LogP contribution in [0.1, 0.15) is 37.8 Å². The third-order valence-corrected chi connectivity index (χ3v) is 4.92. The number of nitrogens with zero attached hydrogens (tertiary/aromatic N) is 2. The van der Waals surface area contributed by atoms with E-state index in [4.69, 9.17) is 4.74 Å². The summed E-state index contributed by atoms with van der Waals surface area (Å²) in [7, 11) is 1.65. The second-order valence-corrected chi connectivity index (χ2v) is 6.26. The molecule has 2 aliphatic rings. The van der Waals surface area contributed by atoms with Crippen molar-refractivity contribution in [3.8, 4) is 5.88 Å². The molecule has 0 bridgehead atoms. The maximum atomic E-state index is 10.3. The number of rotatable bonds is 3. The lowest BCUT2D eigenvalue weighted by molar-refractivity contribution is -0.0123. The summed E-state index contributed by atoms with van der Waals surface area (Å²) in [6, 6.07) is 5.92. The minimum atomic E-state index is -0.108. The third-order valence-electron chi connectivity index (χ3n) is 4.92. The zero-order valence-electron chi connectivity index (χ0n) is 12.2. The van der Waals surface area contributed by atoms with Gasteiger partial charge in [0, 0.05) is 24.6 Å². The molecule has 1 aromatic rings. The van der Waals surface area contributed by atoms with E-state index in [1.54, 1.807) is 7.11 Å². The first kappa shape index (κ1) is 13.8. The van der Waals surface area contributed by atoms with Crippen molar-refractivity contribution in [2.75, 3.05) is 20.2 Å². The summed E-state index contributed by atoms with van der Waals surface area (Å²) < 4.78 is 5.18. The van der Waals surface area contributed by atoms with Crippen LogP contribution in [-0.4, -0.2) is 41.3 Å². The Morgan fingerprint density at radius 3 is 3.00 bits per heavy atom. The van der Waals surface area contributed by atoms with Crippen molar-refractivity contribution in [2.24, 2.45) is 5.41 Å². The fourth-order valence-electron chi connectivity index (χ4n) is 3.88. The molecule has 0 unspecified atom stereocenters. The number of aliphatic hydroxyl groups excluding tert-OH is 1. The van der Waals surface area contributed by atoms with E-state index < -0.39 is 0 Å². The van der Waals surface area contributed by atoms with Gasteiger partial charge < -0.3 is 9.84 Å². The molecular weight excluding hydrogens is 252 g/mol. The van der Waals surface area contributed by atoms with Crippen molar-refractivity contribution in [1.82, 2.24) is 9.88 Å². The van der Waals surface area contributed by atoms with Crippen LogP contribution in [0.4, 0.5) is 0 Å². The largest absolute Gasteiger partial charge is 0.481 e.